The molecule has 0 aromatic heterocycles. The Hall–Kier alpha value is -0.590. The topological polar surface area (TPSA) is 12.4 Å². The zero-order valence-corrected chi connectivity index (χ0v) is 13.1. The van der Waals surface area contributed by atoms with Crippen LogP contribution < -0.4 is 0 Å². The average molecular weight is 235 g/mol. The van der Waals surface area contributed by atoms with Gasteiger partial charge in [0.1, 0.15) is 0 Å². The second-order valence-electron chi connectivity index (χ2n) is 8.38. The molecule has 1 rings (SSSR count). The SMILES string of the molecule is CC(C)(C)C1=CC(C(C)(C)C)=NC1C(C)(C)C. The summed E-state index contributed by atoms with van der Waals surface area (Å²) in [7, 11) is 0. The van der Waals surface area contributed by atoms with Crippen LogP contribution in [-0.4, -0.2) is 11.8 Å². The predicted octanol–water partition coefficient (Wildman–Crippen LogP) is 4.87. The van der Waals surface area contributed by atoms with Crippen LogP contribution in [0.1, 0.15) is 62.3 Å². The van der Waals surface area contributed by atoms with E-state index in [4.69, 9.17) is 4.99 Å². The van der Waals surface area contributed by atoms with Crippen LogP contribution in [0, 0.1) is 16.2 Å². The molecule has 0 N–H and O–H groups in total. The zero-order valence-electron chi connectivity index (χ0n) is 13.1. The van der Waals surface area contributed by atoms with Gasteiger partial charge in [0.25, 0.3) is 0 Å². The monoisotopic (exact) mass is 235 g/mol. The van der Waals surface area contributed by atoms with E-state index >= 15 is 0 Å². The third kappa shape index (κ3) is 3.20. The predicted molar refractivity (Wildman–Crippen MR) is 77.7 cm³/mol. The Bertz CT molecular complexity index is 350. The molecule has 0 saturated heterocycles. The van der Waals surface area contributed by atoms with Crippen LogP contribution in [0.25, 0.3) is 0 Å². The van der Waals surface area contributed by atoms with Crippen molar-refractivity contribution in [1.29, 1.82) is 0 Å². The molecule has 0 spiro atoms. The molecule has 1 aliphatic heterocycles. The van der Waals surface area contributed by atoms with Crippen molar-refractivity contribution in [2.75, 3.05) is 0 Å². The summed E-state index contributed by atoms with van der Waals surface area (Å²) in [5.74, 6) is 0. The highest BCUT2D eigenvalue weighted by Gasteiger charge is 2.38. The van der Waals surface area contributed by atoms with Crippen LogP contribution in [0.2, 0.25) is 0 Å². The molecule has 0 aliphatic carbocycles. The van der Waals surface area contributed by atoms with E-state index in [2.05, 4.69) is 68.4 Å². The first-order valence-corrected chi connectivity index (χ1v) is 6.64. The van der Waals surface area contributed by atoms with Gasteiger partial charge in [-0.2, -0.15) is 0 Å². The van der Waals surface area contributed by atoms with Gasteiger partial charge in [-0.1, -0.05) is 62.3 Å². The number of aliphatic imine (C=N–C) groups is 1. The maximum atomic E-state index is 5.00. The van der Waals surface area contributed by atoms with Gasteiger partial charge in [0, 0.05) is 11.1 Å². The van der Waals surface area contributed by atoms with Crippen molar-refractivity contribution in [2.24, 2.45) is 21.2 Å². The minimum Gasteiger partial charge on any atom is -0.281 e. The Kier molecular flexibility index (Phi) is 3.37. The Morgan fingerprint density at radius 3 is 1.53 bits per heavy atom. The summed E-state index contributed by atoms with van der Waals surface area (Å²) < 4.78 is 0. The summed E-state index contributed by atoms with van der Waals surface area (Å²) in [5.41, 5.74) is 3.29. The summed E-state index contributed by atoms with van der Waals surface area (Å²) >= 11 is 0. The van der Waals surface area contributed by atoms with Crippen molar-refractivity contribution in [1.82, 2.24) is 0 Å². The van der Waals surface area contributed by atoms with Crippen molar-refractivity contribution < 1.29 is 0 Å². The molecular weight excluding hydrogens is 206 g/mol. The second-order valence-corrected chi connectivity index (χ2v) is 8.38. The molecule has 0 aromatic rings. The number of hydrogen-bond acceptors (Lipinski definition) is 1. The molecular formula is C16H29N. The number of hydrogen-bond donors (Lipinski definition) is 0. The standard InChI is InChI=1S/C16H29N/c1-14(2,3)11-10-12(15(4,5)6)17-13(11)16(7,8)9/h10,13H,1-9H3. The van der Waals surface area contributed by atoms with Gasteiger partial charge in [0.15, 0.2) is 0 Å². The van der Waals surface area contributed by atoms with E-state index in [1.165, 1.54) is 11.3 Å². The van der Waals surface area contributed by atoms with Crippen LogP contribution in [0.4, 0.5) is 0 Å². The highest BCUT2D eigenvalue weighted by atomic mass is 14.9. The molecule has 17 heavy (non-hydrogen) atoms. The normalized spacial score (nSPS) is 22.5. The van der Waals surface area contributed by atoms with Crippen molar-refractivity contribution >= 4 is 5.71 Å². The molecule has 1 heterocycles. The van der Waals surface area contributed by atoms with Gasteiger partial charge in [-0.05, 0) is 22.5 Å². The minimum atomic E-state index is 0.149. The molecule has 0 bridgehead atoms. The van der Waals surface area contributed by atoms with E-state index in [0.29, 0.717) is 6.04 Å². The Balaban J connectivity index is 3.22. The van der Waals surface area contributed by atoms with E-state index in [1.54, 1.807) is 0 Å². The maximum Gasteiger partial charge on any atom is 0.0769 e. The summed E-state index contributed by atoms with van der Waals surface area (Å²) in [6.45, 7) is 20.5. The quantitative estimate of drug-likeness (QED) is 0.568. The smallest absolute Gasteiger partial charge is 0.0769 e. The Labute approximate surface area is 107 Å². The van der Waals surface area contributed by atoms with Gasteiger partial charge < -0.3 is 0 Å². The van der Waals surface area contributed by atoms with Crippen molar-refractivity contribution in [3.63, 3.8) is 0 Å². The van der Waals surface area contributed by atoms with Gasteiger partial charge in [-0.15, -0.1) is 0 Å². The first kappa shape index (κ1) is 14.5. The fourth-order valence-electron chi connectivity index (χ4n) is 2.17. The first-order chi connectivity index (χ1) is 7.33. The largest absolute Gasteiger partial charge is 0.281 e. The van der Waals surface area contributed by atoms with Crippen LogP contribution >= 0.6 is 0 Å². The Morgan fingerprint density at radius 2 is 1.29 bits per heavy atom. The number of rotatable bonds is 0. The van der Waals surface area contributed by atoms with E-state index in [0.717, 1.165) is 0 Å². The highest BCUT2D eigenvalue weighted by molar-refractivity contribution is 6.01. The van der Waals surface area contributed by atoms with Gasteiger partial charge in [-0.3, -0.25) is 4.99 Å². The first-order valence-electron chi connectivity index (χ1n) is 6.64. The van der Waals surface area contributed by atoms with E-state index in [1.807, 2.05) is 0 Å². The van der Waals surface area contributed by atoms with Gasteiger partial charge >= 0.3 is 0 Å². The number of nitrogens with zero attached hydrogens (tertiary/aromatic N) is 1. The lowest BCUT2D eigenvalue weighted by atomic mass is 9.73. The van der Waals surface area contributed by atoms with Crippen molar-refractivity contribution in [2.45, 2.75) is 68.4 Å². The third-order valence-electron chi connectivity index (χ3n) is 3.31. The molecule has 1 unspecified atom stereocenters. The molecule has 1 aliphatic rings. The molecule has 0 saturated carbocycles. The summed E-state index contributed by atoms with van der Waals surface area (Å²) in [6.07, 6.45) is 2.34. The molecule has 1 heteroatoms. The lowest BCUT2D eigenvalue weighted by molar-refractivity contribution is 0.317. The summed E-state index contributed by atoms with van der Waals surface area (Å²) in [6, 6.07) is 0.330. The molecule has 1 nitrogen and oxygen atoms in total. The second kappa shape index (κ2) is 3.96. The lowest BCUT2D eigenvalue weighted by Gasteiger charge is -2.33. The van der Waals surface area contributed by atoms with Gasteiger partial charge in [0.2, 0.25) is 0 Å². The van der Waals surface area contributed by atoms with E-state index in [9.17, 15) is 0 Å². The lowest BCUT2D eigenvalue weighted by Crippen LogP contribution is -2.30. The fourth-order valence-corrected chi connectivity index (χ4v) is 2.17. The summed E-state index contributed by atoms with van der Waals surface area (Å²) in [5, 5.41) is 0. The van der Waals surface area contributed by atoms with Crippen LogP contribution in [0.15, 0.2) is 16.6 Å². The highest BCUT2D eigenvalue weighted by Crippen LogP contribution is 2.42. The van der Waals surface area contributed by atoms with Crippen LogP contribution in [0.3, 0.4) is 0 Å². The van der Waals surface area contributed by atoms with Crippen molar-refractivity contribution in [3.8, 4) is 0 Å². The molecule has 0 fully saturated rings. The molecule has 1 atom stereocenters. The van der Waals surface area contributed by atoms with Gasteiger partial charge in [-0.25, -0.2) is 0 Å². The van der Waals surface area contributed by atoms with Crippen molar-refractivity contribution in [3.05, 3.63) is 11.6 Å². The van der Waals surface area contributed by atoms with E-state index in [-0.39, 0.29) is 16.2 Å². The Morgan fingerprint density at radius 1 is 0.824 bits per heavy atom. The number of allylic oxidation sites excluding steroid dienone is 1. The molecule has 0 aromatic carbocycles. The van der Waals surface area contributed by atoms with Crippen LogP contribution in [-0.2, 0) is 0 Å². The van der Waals surface area contributed by atoms with E-state index < -0.39 is 0 Å². The summed E-state index contributed by atoms with van der Waals surface area (Å²) in [4.78, 5) is 5.00. The maximum absolute atomic E-state index is 5.00. The van der Waals surface area contributed by atoms with Crippen LogP contribution in [0.5, 0.6) is 0 Å². The average Bonchev–Trinajstić information content (AvgIpc) is 2.42. The molecule has 0 amide bonds. The zero-order chi connectivity index (χ0) is 13.6. The molecule has 98 valence electrons. The van der Waals surface area contributed by atoms with Gasteiger partial charge in [0.05, 0.1) is 6.04 Å². The third-order valence-corrected chi connectivity index (χ3v) is 3.31. The fraction of sp³-hybridized carbons (Fsp3) is 0.812. The minimum absolute atomic E-state index is 0.149. The molecule has 0 radical (unpaired) electrons.